The largest absolute Gasteiger partial charge is 0.507 e. The van der Waals surface area contributed by atoms with Gasteiger partial charge in [0.05, 0.1) is 24.3 Å². The lowest BCUT2D eigenvalue weighted by molar-refractivity contribution is -0.289. The summed E-state index contributed by atoms with van der Waals surface area (Å²) in [5, 5.41) is 33.7. The molecule has 2 heterocycles. The lowest BCUT2D eigenvalue weighted by atomic mass is 9.42. The maximum Gasteiger partial charge on any atom is 0.257 e. The van der Waals surface area contributed by atoms with Gasteiger partial charge < -0.3 is 29.7 Å². The molecule has 5 aliphatic rings. The Labute approximate surface area is 163 Å². The number of aromatic hydroxyl groups is 1. The summed E-state index contributed by atoms with van der Waals surface area (Å²) in [7, 11) is 0. The molecule has 0 aromatic heterocycles. The normalized spacial score (nSPS) is 37.9. The molecule has 1 saturated heterocycles. The highest BCUT2D eigenvalue weighted by atomic mass is 16.5. The fourth-order valence-corrected chi connectivity index (χ4v) is 5.83. The molecule has 1 amide bonds. The third-order valence-corrected chi connectivity index (χ3v) is 7.73. The first-order valence-corrected chi connectivity index (χ1v) is 10.1. The van der Waals surface area contributed by atoms with Crippen molar-refractivity contribution >= 4 is 5.91 Å². The molecule has 1 aromatic carbocycles. The molecule has 3 N–H and O–H groups in total. The molecular weight excluding hydrogens is 362 g/mol. The van der Waals surface area contributed by atoms with Crippen molar-refractivity contribution < 1.29 is 29.6 Å². The third-order valence-electron chi connectivity index (χ3n) is 7.73. The number of fused-ring (bicyclic) bond motifs is 1. The first-order valence-electron chi connectivity index (χ1n) is 10.1. The number of benzene rings is 1. The van der Waals surface area contributed by atoms with Gasteiger partial charge in [-0.3, -0.25) is 4.79 Å². The van der Waals surface area contributed by atoms with Crippen LogP contribution in [0.1, 0.15) is 48.7 Å². The molecule has 28 heavy (non-hydrogen) atoms. The van der Waals surface area contributed by atoms with Crippen LogP contribution < -0.4 is 4.74 Å². The first-order chi connectivity index (χ1) is 13.3. The van der Waals surface area contributed by atoms with Crippen LogP contribution in [0.25, 0.3) is 0 Å². The van der Waals surface area contributed by atoms with Gasteiger partial charge >= 0.3 is 0 Å². The molecular formula is C21H27NO6. The SMILES string of the molecule is CC1(C)C2CC3Oc4ccc(C(=O)N5CCOCC5)c(O)c4C(O)C3(O)C1C2. The molecule has 0 radical (unpaired) electrons. The van der Waals surface area contributed by atoms with Gasteiger partial charge in [-0.2, -0.15) is 0 Å². The zero-order valence-electron chi connectivity index (χ0n) is 16.2. The first kappa shape index (κ1) is 18.2. The Hall–Kier alpha value is -1.83. The van der Waals surface area contributed by atoms with E-state index in [0.717, 1.165) is 6.42 Å². The summed E-state index contributed by atoms with van der Waals surface area (Å²) in [4.78, 5) is 14.5. The van der Waals surface area contributed by atoms with Crippen molar-refractivity contribution in [1.29, 1.82) is 0 Å². The van der Waals surface area contributed by atoms with E-state index in [1.54, 1.807) is 11.0 Å². The second-order valence-electron chi connectivity index (χ2n) is 9.22. The minimum absolute atomic E-state index is 0.0933. The summed E-state index contributed by atoms with van der Waals surface area (Å²) < 4.78 is 11.3. The number of hydrogen-bond acceptors (Lipinski definition) is 6. The van der Waals surface area contributed by atoms with Crippen LogP contribution in [0.5, 0.6) is 11.5 Å². The van der Waals surface area contributed by atoms with Crippen molar-refractivity contribution in [3.05, 3.63) is 23.3 Å². The van der Waals surface area contributed by atoms with Crippen LogP contribution in [0.3, 0.4) is 0 Å². The van der Waals surface area contributed by atoms with Gasteiger partial charge in [-0.15, -0.1) is 0 Å². The topological polar surface area (TPSA) is 99.5 Å². The van der Waals surface area contributed by atoms with Crippen molar-refractivity contribution in [1.82, 2.24) is 4.90 Å². The van der Waals surface area contributed by atoms with Gasteiger partial charge in [-0.1, -0.05) is 13.8 Å². The molecule has 2 bridgehead atoms. The van der Waals surface area contributed by atoms with Crippen LogP contribution in [0, 0.1) is 17.3 Å². The van der Waals surface area contributed by atoms with Crippen LogP contribution in [0.4, 0.5) is 0 Å². The van der Waals surface area contributed by atoms with Crippen LogP contribution >= 0.6 is 0 Å². The van der Waals surface area contributed by atoms with E-state index in [1.807, 2.05) is 0 Å². The fraction of sp³-hybridized carbons (Fsp3) is 0.667. The lowest BCUT2D eigenvalue weighted by Crippen LogP contribution is -2.72. The zero-order chi connectivity index (χ0) is 19.8. The van der Waals surface area contributed by atoms with Crippen molar-refractivity contribution in [2.45, 2.75) is 44.5 Å². The summed E-state index contributed by atoms with van der Waals surface area (Å²) in [6, 6.07) is 3.16. The van der Waals surface area contributed by atoms with E-state index in [0.29, 0.717) is 44.4 Å². The molecule has 4 fully saturated rings. The molecule has 1 aromatic rings. The highest BCUT2D eigenvalue weighted by Crippen LogP contribution is 2.67. The summed E-state index contributed by atoms with van der Waals surface area (Å²) in [6.45, 7) is 6.06. The monoisotopic (exact) mass is 389 g/mol. The van der Waals surface area contributed by atoms with Crippen LogP contribution in [-0.4, -0.2) is 64.1 Å². The molecule has 7 nitrogen and oxygen atoms in total. The highest BCUT2D eigenvalue weighted by molar-refractivity contribution is 5.97. The number of amides is 1. The second-order valence-corrected chi connectivity index (χ2v) is 9.22. The number of rotatable bonds is 1. The van der Waals surface area contributed by atoms with Crippen molar-refractivity contribution in [3.63, 3.8) is 0 Å². The molecule has 7 heteroatoms. The number of morpholine rings is 1. The Balaban J connectivity index is 1.54. The Morgan fingerprint density at radius 2 is 1.93 bits per heavy atom. The van der Waals surface area contributed by atoms with Gasteiger partial charge in [0.2, 0.25) is 0 Å². The maximum absolute atomic E-state index is 12.9. The molecule has 6 rings (SSSR count). The lowest BCUT2D eigenvalue weighted by Gasteiger charge is -2.67. The minimum Gasteiger partial charge on any atom is -0.507 e. The van der Waals surface area contributed by atoms with E-state index in [-0.39, 0.29) is 34.1 Å². The minimum atomic E-state index is -1.47. The number of phenolic OH excluding ortho intramolecular Hbond substituents is 1. The van der Waals surface area contributed by atoms with E-state index in [4.69, 9.17) is 9.47 Å². The summed E-state index contributed by atoms with van der Waals surface area (Å²) >= 11 is 0. The number of hydrogen-bond donors (Lipinski definition) is 3. The fourth-order valence-electron chi connectivity index (χ4n) is 5.83. The number of aliphatic hydroxyl groups excluding tert-OH is 1. The van der Waals surface area contributed by atoms with Crippen LogP contribution in [0.15, 0.2) is 12.1 Å². The molecule has 5 unspecified atom stereocenters. The van der Waals surface area contributed by atoms with Gasteiger partial charge in [-0.05, 0) is 42.2 Å². The molecule has 0 spiro atoms. The number of aliphatic hydroxyl groups is 2. The van der Waals surface area contributed by atoms with E-state index in [9.17, 15) is 20.1 Å². The Kier molecular flexibility index (Phi) is 3.80. The third kappa shape index (κ3) is 2.18. The van der Waals surface area contributed by atoms with Crippen molar-refractivity contribution in [2.24, 2.45) is 17.3 Å². The zero-order valence-corrected chi connectivity index (χ0v) is 16.2. The summed E-state index contributed by atoms with van der Waals surface area (Å²) in [5.41, 5.74) is -1.32. The smallest absolute Gasteiger partial charge is 0.257 e. The highest BCUT2D eigenvalue weighted by Gasteiger charge is 2.70. The maximum atomic E-state index is 12.9. The number of carbonyl (C=O) groups is 1. The second kappa shape index (κ2) is 5.84. The van der Waals surface area contributed by atoms with Gasteiger partial charge in [0.1, 0.15) is 29.3 Å². The molecule has 3 aliphatic carbocycles. The van der Waals surface area contributed by atoms with E-state index in [1.165, 1.54) is 6.07 Å². The Morgan fingerprint density at radius 1 is 1.21 bits per heavy atom. The predicted octanol–water partition coefficient (Wildman–Crippen LogP) is 1.46. The van der Waals surface area contributed by atoms with Crippen molar-refractivity contribution in [2.75, 3.05) is 26.3 Å². The summed E-state index contributed by atoms with van der Waals surface area (Å²) in [6.07, 6.45) is -0.301. The molecule has 2 aliphatic heterocycles. The average Bonchev–Trinajstić information content (AvgIpc) is 2.68. The number of carbonyl (C=O) groups excluding carboxylic acids is 1. The predicted molar refractivity (Wildman–Crippen MR) is 99.1 cm³/mol. The van der Waals surface area contributed by atoms with Gasteiger partial charge in [0.15, 0.2) is 0 Å². The standard InChI is InChI=1S/C21H27NO6/c1-20(2)11-9-14(20)21(26)15(10-11)28-13-4-3-12(17(23)16(13)18(21)24)19(25)22-5-7-27-8-6-22/h3-4,11,14-15,18,23-24,26H,5-10H2,1-2H3. The quantitative estimate of drug-likeness (QED) is 0.673. The van der Waals surface area contributed by atoms with Gasteiger partial charge in [-0.25, -0.2) is 0 Å². The molecule has 3 saturated carbocycles. The molecule has 5 atom stereocenters. The van der Waals surface area contributed by atoms with E-state index < -0.39 is 17.8 Å². The van der Waals surface area contributed by atoms with Gasteiger partial charge in [0, 0.05) is 13.1 Å². The average molecular weight is 389 g/mol. The molecule has 152 valence electrons. The number of nitrogens with zero attached hydrogens (tertiary/aromatic N) is 1. The Morgan fingerprint density at radius 3 is 2.61 bits per heavy atom. The van der Waals surface area contributed by atoms with Crippen LogP contribution in [-0.2, 0) is 4.74 Å². The number of ether oxygens (including phenoxy) is 2. The summed E-state index contributed by atoms with van der Waals surface area (Å²) in [5.74, 6) is 0.0692. The van der Waals surface area contributed by atoms with Gasteiger partial charge in [0.25, 0.3) is 5.91 Å². The van der Waals surface area contributed by atoms with E-state index >= 15 is 0 Å². The number of phenols is 1. The van der Waals surface area contributed by atoms with Crippen LogP contribution in [0.2, 0.25) is 0 Å². The Bertz CT molecular complexity index is 832. The van der Waals surface area contributed by atoms with E-state index in [2.05, 4.69) is 13.8 Å². The van der Waals surface area contributed by atoms with Crippen molar-refractivity contribution in [3.8, 4) is 11.5 Å².